The van der Waals surface area contributed by atoms with E-state index in [0.29, 0.717) is 0 Å². The summed E-state index contributed by atoms with van der Waals surface area (Å²) in [6.45, 7) is 9.07. The Morgan fingerprint density at radius 2 is 1.70 bits per heavy atom. The maximum atomic E-state index is 5.92. The van der Waals surface area contributed by atoms with Gasteiger partial charge in [-0.3, -0.25) is 4.90 Å². The van der Waals surface area contributed by atoms with Gasteiger partial charge in [-0.1, -0.05) is 11.6 Å². The Morgan fingerprint density at radius 3 is 2.39 bits per heavy atom. The van der Waals surface area contributed by atoms with Gasteiger partial charge in [-0.2, -0.15) is 0 Å². The molecule has 5 heteroatoms. The first-order chi connectivity index (χ1) is 11.3. The zero-order valence-electron chi connectivity index (χ0n) is 13.8. The third-order valence-corrected chi connectivity index (χ3v) is 6.06. The van der Waals surface area contributed by atoms with Crippen molar-refractivity contribution in [3.8, 4) is 0 Å². The van der Waals surface area contributed by atoms with Crippen molar-refractivity contribution in [2.45, 2.75) is 17.7 Å². The standard InChI is InChI=1S/C18H27ClN2OS/c19-17-1-3-18(4-2-17)23-14-11-20-7-5-16(6-8-20)15-21-9-12-22-13-10-21/h1-4,16H,5-15H2. The van der Waals surface area contributed by atoms with Crippen LogP contribution >= 0.6 is 23.4 Å². The van der Waals surface area contributed by atoms with Gasteiger partial charge in [0.2, 0.25) is 0 Å². The summed E-state index contributed by atoms with van der Waals surface area (Å²) < 4.78 is 5.43. The number of thioether (sulfide) groups is 1. The monoisotopic (exact) mass is 354 g/mol. The van der Waals surface area contributed by atoms with Crippen LogP contribution in [0.5, 0.6) is 0 Å². The molecule has 2 aliphatic rings. The zero-order chi connectivity index (χ0) is 15.9. The van der Waals surface area contributed by atoms with E-state index in [1.54, 1.807) is 0 Å². The van der Waals surface area contributed by atoms with E-state index in [9.17, 15) is 0 Å². The van der Waals surface area contributed by atoms with Crippen LogP contribution < -0.4 is 0 Å². The van der Waals surface area contributed by atoms with Gasteiger partial charge in [-0.25, -0.2) is 0 Å². The number of benzene rings is 1. The molecule has 23 heavy (non-hydrogen) atoms. The summed E-state index contributed by atoms with van der Waals surface area (Å²) in [6.07, 6.45) is 2.70. The molecule has 0 amide bonds. The highest BCUT2D eigenvalue weighted by atomic mass is 35.5. The number of rotatable bonds is 6. The predicted octanol–water partition coefficient (Wildman–Crippen LogP) is 3.48. The molecule has 0 aliphatic carbocycles. The summed E-state index contributed by atoms with van der Waals surface area (Å²) in [5.41, 5.74) is 0. The summed E-state index contributed by atoms with van der Waals surface area (Å²) in [5.74, 6) is 2.05. The second-order valence-electron chi connectivity index (χ2n) is 6.50. The lowest BCUT2D eigenvalue weighted by Gasteiger charge is -2.36. The molecule has 2 heterocycles. The Labute approximate surface area is 149 Å². The summed E-state index contributed by atoms with van der Waals surface area (Å²) in [7, 11) is 0. The number of likely N-dealkylation sites (tertiary alicyclic amines) is 1. The smallest absolute Gasteiger partial charge is 0.0594 e. The minimum Gasteiger partial charge on any atom is -0.379 e. The van der Waals surface area contributed by atoms with E-state index in [1.807, 2.05) is 23.9 Å². The molecular weight excluding hydrogens is 328 g/mol. The normalized spacial score (nSPS) is 21.6. The number of nitrogens with zero attached hydrogens (tertiary/aromatic N) is 2. The van der Waals surface area contributed by atoms with E-state index < -0.39 is 0 Å². The second-order valence-corrected chi connectivity index (χ2v) is 8.11. The Morgan fingerprint density at radius 1 is 1.00 bits per heavy atom. The summed E-state index contributed by atoms with van der Waals surface area (Å²) in [5, 5.41) is 0.816. The van der Waals surface area contributed by atoms with E-state index in [1.165, 1.54) is 43.9 Å². The van der Waals surface area contributed by atoms with Crippen molar-refractivity contribution >= 4 is 23.4 Å². The predicted molar refractivity (Wildman–Crippen MR) is 98.6 cm³/mol. The molecule has 2 aliphatic heterocycles. The van der Waals surface area contributed by atoms with Gasteiger partial charge in [0.05, 0.1) is 13.2 Å². The highest BCUT2D eigenvalue weighted by Gasteiger charge is 2.22. The van der Waals surface area contributed by atoms with E-state index in [0.717, 1.165) is 43.0 Å². The molecule has 0 unspecified atom stereocenters. The molecule has 1 aromatic carbocycles. The number of ether oxygens (including phenoxy) is 1. The third-order valence-electron chi connectivity index (χ3n) is 4.82. The molecule has 0 aromatic heterocycles. The molecular formula is C18H27ClN2OS. The van der Waals surface area contributed by atoms with Crippen molar-refractivity contribution < 1.29 is 4.74 Å². The molecule has 0 bridgehead atoms. The van der Waals surface area contributed by atoms with Crippen LogP contribution in [-0.4, -0.2) is 68.0 Å². The maximum absolute atomic E-state index is 5.92. The quantitative estimate of drug-likeness (QED) is 0.726. The van der Waals surface area contributed by atoms with Crippen LogP contribution in [0.15, 0.2) is 29.2 Å². The van der Waals surface area contributed by atoms with Crippen molar-refractivity contribution in [3.63, 3.8) is 0 Å². The molecule has 3 rings (SSSR count). The van der Waals surface area contributed by atoms with Crippen LogP contribution in [0.3, 0.4) is 0 Å². The van der Waals surface area contributed by atoms with Crippen LogP contribution in [0.4, 0.5) is 0 Å². The van der Waals surface area contributed by atoms with Crippen molar-refractivity contribution in [3.05, 3.63) is 29.3 Å². The third kappa shape index (κ3) is 5.95. The topological polar surface area (TPSA) is 15.7 Å². The Balaban J connectivity index is 1.30. The maximum Gasteiger partial charge on any atom is 0.0594 e. The molecule has 2 saturated heterocycles. The zero-order valence-corrected chi connectivity index (χ0v) is 15.3. The van der Waals surface area contributed by atoms with Crippen LogP contribution in [0.2, 0.25) is 5.02 Å². The average molecular weight is 355 g/mol. The van der Waals surface area contributed by atoms with Gasteiger partial charge in [0.25, 0.3) is 0 Å². The minimum atomic E-state index is 0.816. The molecule has 0 saturated carbocycles. The summed E-state index contributed by atoms with van der Waals surface area (Å²) in [6, 6.07) is 8.17. The van der Waals surface area contributed by atoms with Gasteiger partial charge >= 0.3 is 0 Å². The lowest BCUT2D eigenvalue weighted by Crippen LogP contribution is -2.43. The number of morpholine rings is 1. The molecule has 3 nitrogen and oxygen atoms in total. The van der Waals surface area contributed by atoms with Crippen LogP contribution in [0, 0.1) is 5.92 Å². The van der Waals surface area contributed by atoms with Gasteiger partial charge in [0.1, 0.15) is 0 Å². The molecule has 2 fully saturated rings. The van der Waals surface area contributed by atoms with Gasteiger partial charge in [-0.05, 0) is 56.1 Å². The fraction of sp³-hybridized carbons (Fsp3) is 0.667. The number of piperidine rings is 1. The van der Waals surface area contributed by atoms with Gasteiger partial charge in [0, 0.05) is 41.8 Å². The average Bonchev–Trinajstić information content (AvgIpc) is 2.59. The Bertz CT molecular complexity index is 457. The highest BCUT2D eigenvalue weighted by molar-refractivity contribution is 7.99. The first kappa shape index (κ1) is 17.6. The largest absolute Gasteiger partial charge is 0.379 e. The molecule has 128 valence electrons. The fourth-order valence-corrected chi connectivity index (χ4v) is 4.40. The van der Waals surface area contributed by atoms with E-state index in [-0.39, 0.29) is 0 Å². The molecule has 1 aromatic rings. The SMILES string of the molecule is Clc1ccc(SCCN2CCC(CN3CCOCC3)CC2)cc1. The number of halogens is 1. The van der Waals surface area contributed by atoms with Crippen molar-refractivity contribution in [2.75, 3.05) is 58.2 Å². The second kappa shape index (κ2) is 9.28. The number of hydrogen-bond donors (Lipinski definition) is 0. The van der Waals surface area contributed by atoms with E-state index in [2.05, 4.69) is 21.9 Å². The van der Waals surface area contributed by atoms with Crippen LogP contribution in [0.25, 0.3) is 0 Å². The Kier molecular flexibility index (Phi) is 7.09. The molecule has 0 N–H and O–H groups in total. The van der Waals surface area contributed by atoms with Crippen molar-refractivity contribution in [1.82, 2.24) is 9.80 Å². The Hall–Kier alpha value is -0.260. The summed E-state index contributed by atoms with van der Waals surface area (Å²) in [4.78, 5) is 6.52. The first-order valence-electron chi connectivity index (χ1n) is 8.70. The van der Waals surface area contributed by atoms with Crippen molar-refractivity contribution in [1.29, 1.82) is 0 Å². The van der Waals surface area contributed by atoms with Crippen LogP contribution in [0.1, 0.15) is 12.8 Å². The lowest BCUT2D eigenvalue weighted by molar-refractivity contribution is 0.0248. The molecule has 0 radical (unpaired) electrons. The van der Waals surface area contributed by atoms with Gasteiger partial charge in [0.15, 0.2) is 0 Å². The first-order valence-corrected chi connectivity index (χ1v) is 10.1. The van der Waals surface area contributed by atoms with Gasteiger partial charge in [-0.15, -0.1) is 11.8 Å². The fourth-order valence-electron chi connectivity index (χ4n) is 3.36. The highest BCUT2D eigenvalue weighted by Crippen LogP contribution is 2.22. The van der Waals surface area contributed by atoms with Crippen molar-refractivity contribution in [2.24, 2.45) is 5.92 Å². The molecule has 0 atom stereocenters. The minimum absolute atomic E-state index is 0.816. The lowest BCUT2D eigenvalue weighted by atomic mass is 9.96. The van der Waals surface area contributed by atoms with Gasteiger partial charge < -0.3 is 9.64 Å². The molecule has 0 spiro atoms. The van der Waals surface area contributed by atoms with Crippen LogP contribution in [-0.2, 0) is 4.74 Å². The van der Waals surface area contributed by atoms with E-state index >= 15 is 0 Å². The summed E-state index contributed by atoms with van der Waals surface area (Å²) >= 11 is 7.85. The number of hydrogen-bond acceptors (Lipinski definition) is 4. The van der Waals surface area contributed by atoms with E-state index in [4.69, 9.17) is 16.3 Å².